The minimum Gasteiger partial charge on any atom is -0.490 e. The number of nitrogens with two attached hydrogens (primary N) is 1. The Morgan fingerprint density at radius 1 is 0.907 bits per heavy atom. The number of ether oxygens (including phenoxy) is 2. The number of thiazole rings is 1. The number of aliphatic hydroxyl groups excluding tert-OH is 1. The van der Waals surface area contributed by atoms with Gasteiger partial charge in [-0.1, -0.05) is 81.6 Å². The zero-order valence-corrected chi connectivity index (χ0v) is 46.2. The van der Waals surface area contributed by atoms with Gasteiger partial charge >= 0.3 is 6.09 Å². The van der Waals surface area contributed by atoms with E-state index in [1.807, 2.05) is 65.0 Å². The van der Waals surface area contributed by atoms with E-state index in [0.29, 0.717) is 49.3 Å². The van der Waals surface area contributed by atoms with Gasteiger partial charge in [0.1, 0.15) is 42.1 Å². The highest BCUT2D eigenvalue weighted by molar-refractivity contribution is 7.13. The number of carbonyl (C=O) groups excluding carboxylic acids is 7. The number of benzene rings is 2. The maximum Gasteiger partial charge on any atom is 0.408 e. The highest BCUT2D eigenvalue weighted by atomic mass is 35.5. The van der Waals surface area contributed by atoms with Gasteiger partial charge in [0.2, 0.25) is 35.4 Å². The second-order valence-electron chi connectivity index (χ2n) is 22.3. The van der Waals surface area contributed by atoms with Gasteiger partial charge in [0.25, 0.3) is 0 Å². The van der Waals surface area contributed by atoms with Gasteiger partial charge in [0, 0.05) is 31.8 Å². The molecule has 0 spiro atoms. The van der Waals surface area contributed by atoms with E-state index in [1.54, 1.807) is 54.7 Å². The Morgan fingerprint density at radius 3 is 2.28 bits per heavy atom. The van der Waals surface area contributed by atoms with Crippen molar-refractivity contribution in [2.45, 2.75) is 193 Å². The number of aromatic nitrogens is 1. The minimum atomic E-state index is -0.970. The van der Waals surface area contributed by atoms with E-state index in [0.717, 1.165) is 46.5 Å². The molecule has 3 aromatic rings. The lowest BCUT2D eigenvalue weighted by Crippen LogP contribution is -2.57. The van der Waals surface area contributed by atoms with Gasteiger partial charge < -0.3 is 51.4 Å². The molecular weight excluding hydrogens is 1000 g/mol. The number of hydrogen-bond donors (Lipinski definition) is 6. The molecule has 0 bridgehead atoms. The standard InChI is InChI=1S/C55H77ClN8O10S/c1-32(34-20-22-36(23-21-34)47-33(2)58-31-75-47)59-50(69)42-28-39(65)29-63(42)52(71)48(54(3,4)5)62-45(67)19-12-9-14-35-15-13-18-43(46(35)56)73-30-37(24-27-44(57)66)60-49(68)41-26-25-38-16-10-11-17-40(51(70)64(38)41)61-53(72)74-55(6,7)8/h13,15,18,20-23,31-32,37-42,48,65H,9-12,14,16-17,19,24-30H2,1-8H3,(H2,57,66)(H,59,69)(H,60,68)(H,61,72)(H,62,67)/t32?,37?,38-,39+,40-,41-,42-,48?/m0/s1. The molecular formula is C55H77ClN8O10S. The number of alkyl carbamates (subject to hydrolysis) is 1. The van der Waals surface area contributed by atoms with Crippen LogP contribution in [0, 0.1) is 12.3 Å². The third-order valence-electron chi connectivity index (χ3n) is 14.1. The fourth-order valence-electron chi connectivity index (χ4n) is 10.1. The summed E-state index contributed by atoms with van der Waals surface area (Å²) in [6.45, 7) is 14.5. The molecule has 75 heavy (non-hydrogen) atoms. The van der Waals surface area contributed by atoms with Crippen molar-refractivity contribution in [2.75, 3.05) is 13.2 Å². The van der Waals surface area contributed by atoms with E-state index in [-0.39, 0.29) is 68.6 Å². The van der Waals surface area contributed by atoms with Crippen LogP contribution < -0.4 is 31.7 Å². The number of likely N-dealkylation sites (tertiary alicyclic amines) is 1. The first-order valence-electron chi connectivity index (χ1n) is 26.3. The number of β-amino-alcohol motifs (C(OH)–C–C–N with tert-alkyl or cyclic N) is 1. The van der Waals surface area contributed by atoms with Crippen LogP contribution >= 0.6 is 22.9 Å². The van der Waals surface area contributed by atoms with E-state index in [1.165, 1.54) is 4.90 Å². The van der Waals surface area contributed by atoms with Gasteiger partial charge in [-0.3, -0.25) is 28.8 Å². The maximum atomic E-state index is 14.3. The first kappa shape index (κ1) is 58.5. The predicted octanol–water partition coefficient (Wildman–Crippen LogP) is 6.81. The van der Waals surface area contributed by atoms with Crippen molar-refractivity contribution in [3.8, 4) is 16.2 Å². The molecule has 1 aromatic heterocycles. The summed E-state index contributed by atoms with van der Waals surface area (Å²) in [6, 6.07) is 8.52. The van der Waals surface area contributed by atoms with Crippen LogP contribution in [0.25, 0.3) is 10.4 Å². The van der Waals surface area contributed by atoms with Crippen molar-refractivity contribution >= 4 is 64.5 Å². The van der Waals surface area contributed by atoms with Crippen LogP contribution in [-0.4, -0.2) is 123 Å². The van der Waals surface area contributed by atoms with Crippen LogP contribution in [0.4, 0.5) is 4.79 Å². The second kappa shape index (κ2) is 25.8. The van der Waals surface area contributed by atoms with Crippen molar-refractivity contribution in [3.63, 3.8) is 0 Å². The number of halogens is 1. The Balaban J connectivity index is 1.01. The topological polar surface area (TPSA) is 252 Å². The van der Waals surface area contributed by atoms with Gasteiger partial charge in [-0.25, -0.2) is 9.78 Å². The summed E-state index contributed by atoms with van der Waals surface area (Å²) in [5.41, 5.74) is 9.49. The number of hydrogen-bond acceptors (Lipinski definition) is 12. The molecule has 410 valence electrons. The summed E-state index contributed by atoms with van der Waals surface area (Å²) in [5, 5.41) is 22.8. The zero-order valence-electron chi connectivity index (χ0n) is 44.7. The molecule has 7 N–H and O–H groups in total. The lowest BCUT2D eigenvalue weighted by molar-refractivity contribution is -0.144. The Hall–Kier alpha value is -5.79. The molecule has 3 unspecified atom stereocenters. The van der Waals surface area contributed by atoms with E-state index in [2.05, 4.69) is 26.3 Å². The molecule has 3 fully saturated rings. The molecule has 0 saturated carbocycles. The molecule has 4 heterocycles. The highest BCUT2D eigenvalue weighted by Crippen LogP contribution is 2.34. The number of nitrogens with one attached hydrogen (secondary N) is 4. The molecule has 3 aliphatic rings. The van der Waals surface area contributed by atoms with E-state index in [9.17, 15) is 38.7 Å². The van der Waals surface area contributed by atoms with E-state index in [4.69, 9.17) is 26.8 Å². The Morgan fingerprint density at radius 2 is 1.61 bits per heavy atom. The first-order chi connectivity index (χ1) is 35.4. The Kier molecular flexibility index (Phi) is 20.1. The molecule has 0 radical (unpaired) electrons. The van der Waals surface area contributed by atoms with Gasteiger partial charge in [-0.2, -0.15) is 0 Å². The quantitative estimate of drug-likeness (QED) is 0.0641. The van der Waals surface area contributed by atoms with Crippen LogP contribution in [0.2, 0.25) is 5.02 Å². The van der Waals surface area contributed by atoms with Crippen LogP contribution in [0.15, 0.2) is 48.0 Å². The average molecular weight is 1080 g/mol. The largest absolute Gasteiger partial charge is 0.490 e. The molecule has 3 saturated heterocycles. The summed E-state index contributed by atoms with van der Waals surface area (Å²) in [6.07, 6.45) is 4.08. The Bertz CT molecular complexity index is 2510. The van der Waals surface area contributed by atoms with Crippen molar-refractivity contribution in [1.82, 2.24) is 36.1 Å². The van der Waals surface area contributed by atoms with Crippen molar-refractivity contribution in [3.05, 3.63) is 69.8 Å². The van der Waals surface area contributed by atoms with Crippen molar-refractivity contribution in [1.29, 1.82) is 0 Å². The van der Waals surface area contributed by atoms with Gasteiger partial charge in [0.15, 0.2) is 0 Å². The third kappa shape index (κ3) is 16.1. The predicted molar refractivity (Wildman–Crippen MR) is 286 cm³/mol. The monoisotopic (exact) mass is 1080 g/mol. The molecule has 3 aliphatic heterocycles. The molecule has 0 aliphatic carbocycles. The van der Waals surface area contributed by atoms with Crippen LogP contribution in [0.1, 0.15) is 148 Å². The second-order valence-corrected chi connectivity index (χ2v) is 23.5. The fraction of sp³-hybridized carbons (Fsp3) is 0.600. The van der Waals surface area contributed by atoms with Gasteiger partial charge in [-0.15, -0.1) is 11.3 Å². The summed E-state index contributed by atoms with van der Waals surface area (Å²) in [7, 11) is 0. The summed E-state index contributed by atoms with van der Waals surface area (Å²) < 4.78 is 11.6. The fourth-order valence-corrected chi connectivity index (χ4v) is 11.2. The van der Waals surface area contributed by atoms with Gasteiger partial charge in [0.05, 0.1) is 39.3 Å². The molecule has 6 rings (SSSR count). The van der Waals surface area contributed by atoms with Crippen LogP contribution in [0.5, 0.6) is 5.75 Å². The summed E-state index contributed by atoms with van der Waals surface area (Å²) >= 11 is 8.45. The Labute approximate surface area is 450 Å². The number of unbranched alkanes of at least 4 members (excludes halogenated alkanes) is 1. The number of carbonyl (C=O) groups is 7. The van der Waals surface area contributed by atoms with Gasteiger partial charge in [-0.05, 0) is 114 Å². The molecule has 7 amide bonds. The van der Waals surface area contributed by atoms with Crippen LogP contribution in [-0.2, 0) is 39.9 Å². The third-order valence-corrected chi connectivity index (χ3v) is 15.5. The summed E-state index contributed by atoms with van der Waals surface area (Å²) in [4.78, 5) is 103. The number of primary amides is 1. The molecule has 8 atom stereocenters. The lowest BCUT2D eigenvalue weighted by Gasteiger charge is -2.35. The number of nitrogens with zero attached hydrogens (tertiary/aromatic N) is 3. The smallest absolute Gasteiger partial charge is 0.408 e. The molecule has 2 aromatic carbocycles. The van der Waals surface area contributed by atoms with E-state index >= 15 is 0 Å². The number of aryl methyl sites for hydroxylation is 2. The SMILES string of the molecule is Cc1ncsc1-c1ccc(C(C)NC(=O)[C@@H]2C[C@@H](O)CN2C(=O)C(NC(=O)CCCCc2cccc(OCC(CCC(N)=O)NC(=O)[C@@H]3CC[C@@H]4CCCC[C@H](NC(=O)OC(C)(C)C)C(=O)N43)c2Cl)C(C)(C)C)cc1. The average Bonchev–Trinajstić information content (AvgIpc) is 4.08. The van der Waals surface area contributed by atoms with Crippen molar-refractivity contribution < 1.29 is 48.1 Å². The van der Waals surface area contributed by atoms with Crippen LogP contribution in [0.3, 0.4) is 0 Å². The molecule has 18 nitrogen and oxygen atoms in total. The number of fused-ring (bicyclic) bond motifs is 1. The number of rotatable bonds is 20. The lowest BCUT2D eigenvalue weighted by atomic mass is 9.85. The normalized spacial score (nSPS) is 21.2. The van der Waals surface area contributed by atoms with Crippen molar-refractivity contribution in [2.24, 2.45) is 11.1 Å². The first-order valence-corrected chi connectivity index (χ1v) is 27.5. The highest BCUT2D eigenvalue weighted by Gasteiger charge is 2.46. The van der Waals surface area contributed by atoms with E-state index < -0.39 is 71.1 Å². The minimum absolute atomic E-state index is 0.0257. The maximum absolute atomic E-state index is 14.3. The summed E-state index contributed by atoms with van der Waals surface area (Å²) in [5.74, 6) is -2.07. The molecule has 20 heteroatoms. The number of aliphatic hydroxyl groups is 1. The number of amides is 7. The zero-order chi connectivity index (χ0) is 54.8.